The SMILES string of the molecule is COC1CCCC(N2C(=O)C(C3CC3)NC(=O)C2(C)C)C1. The number of nitrogens with zero attached hydrogens (tertiary/aromatic N) is 1. The molecule has 21 heavy (non-hydrogen) atoms. The molecule has 2 saturated carbocycles. The zero-order valence-electron chi connectivity index (χ0n) is 13.2. The van der Waals surface area contributed by atoms with E-state index in [0.717, 1.165) is 38.5 Å². The standard InChI is InChI=1S/C16H26N2O3/c1-16(2)15(20)17-13(10-7-8-10)14(19)18(16)11-5-4-6-12(9-11)21-3/h10-13H,4-9H2,1-3H3,(H,17,20). The summed E-state index contributed by atoms with van der Waals surface area (Å²) >= 11 is 0. The van der Waals surface area contributed by atoms with Gasteiger partial charge < -0.3 is 15.0 Å². The first-order valence-electron chi connectivity index (χ1n) is 8.12. The van der Waals surface area contributed by atoms with Gasteiger partial charge in [0.05, 0.1) is 6.10 Å². The zero-order chi connectivity index (χ0) is 15.2. The van der Waals surface area contributed by atoms with Crippen LogP contribution in [-0.2, 0) is 14.3 Å². The molecule has 3 aliphatic rings. The minimum absolute atomic E-state index is 0.0152. The van der Waals surface area contributed by atoms with Gasteiger partial charge in [-0.3, -0.25) is 9.59 Å². The lowest BCUT2D eigenvalue weighted by atomic mass is 9.85. The highest BCUT2D eigenvalue weighted by atomic mass is 16.5. The van der Waals surface area contributed by atoms with Gasteiger partial charge in [-0.05, 0) is 58.3 Å². The third-order valence-corrected chi connectivity index (χ3v) is 5.34. The van der Waals surface area contributed by atoms with Crippen molar-refractivity contribution >= 4 is 11.8 Å². The Kier molecular flexibility index (Phi) is 3.72. The zero-order valence-corrected chi connectivity index (χ0v) is 13.2. The van der Waals surface area contributed by atoms with Gasteiger partial charge in [0.2, 0.25) is 11.8 Å². The number of carbonyl (C=O) groups excluding carboxylic acids is 2. The molecule has 0 aromatic carbocycles. The number of carbonyl (C=O) groups is 2. The van der Waals surface area contributed by atoms with Crippen LogP contribution in [0.2, 0.25) is 0 Å². The molecule has 3 atom stereocenters. The van der Waals surface area contributed by atoms with E-state index in [4.69, 9.17) is 4.74 Å². The first kappa shape index (κ1) is 14.8. The number of nitrogens with one attached hydrogen (secondary N) is 1. The monoisotopic (exact) mass is 294 g/mol. The van der Waals surface area contributed by atoms with Crippen molar-refractivity contribution in [2.75, 3.05) is 7.11 Å². The molecule has 0 radical (unpaired) electrons. The molecule has 1 N–H and O–H groups in total. The van der Waals surface area contributed by atoms with Gasteiger partial charge in [0, 0.05) is 13.2 Å². The maximum absolute atomic E-state index is 12.9. The largest absolute Gasteiger partial charge is 0.381 e. The van der Waals surface area contributed by atoms with E-state index in [1.165, 1.54) is 0 Å². The van der Waals surface area contributed by atoms with Crippen LogP contribution in [-0.4, -0.2) is 47.6 Å². The normalized spacial score (nSPS) is 36.5. The molecule has 5 heteroatoms. The molecular formula is C16H26N2O3. The van der Waals surface area contributed by atoms with E-state index in [9.17, 15) is 9.59 Å². The number of hydrogen-bond donors (Lipinski definition) is 1. The minimum Gasteiger partial charge on any atom is -0.381 e. The first-order chi connectivity index (χ1) is 9.95. The van der Waals surface area contributed by atoms with Gasteiger partial charge in [0.15, 0.2) is 0 Å². The molecular weight excluding hydrogens is 268 g/mol. The lowest BCUT2D eigenvalue weighted by Gasteiger charge is -2.50. The van der Waals surface area contributed by atoms with Crippen LogP contribution in [0.1, 0.15) is 52.4 Å². The van der Waals surface area contributed by atoms with Crippen molar-refractivity contribution in [2.45, 2.75) is 76.1 Å². The minimum atomic E-state index is -0.761. The van der Waals surface area contributed by atoms with E-state index < -0.39 is 5.54 Å². The van der Waals surface area contributed by atoms with E-state index in [1.807, 2.05) is 18.7 Å². The molecule has 3 fully saturated rings. The molecule has 118 valence electrons. The summed E-state index contributed by atoms with van der Waals surface area (Å²) in [6.07, 6.45) is 6.23. The average Bonchev–Trinajstić information content (AvgIpc) is 3.27. The van der Waals surface area contributed by atoms with E-state index in [-0.39, 0.29) is 30.0 Å². The number of hydrogen-bond acceptors (Lipinski definition) is 3. The number of rotatable bonds is 3. The molecule has 0 aromatic heterocycles. The van der Waals surface area contributed by atoms with Crippen molar-refractivity contribution < 1.29 is 14.3 Å². The summed E-state index contributed by atoms with van der Waals surface area (Å²) in [6.45, 7) is 3.72. The fourth-order valence-corrected chi connectivity index (χ4v) is 3.87. The fraction of sp³-hybridized carbons (Fsp3) is 0.875. The van der Waals surface area contributed by atoms with Crippen LogP contribution in [0.4, 0.5) is 0 Å². The van der Waals surface area contributed by atoms with Gasteiger partial charge in [0.25, 0.3) is 0 Å². The predicted octanol–water partition coefficient (Wildman–Crippen LogP) is 1.46. The number of piperazine rings is 1. The number of amides is 2. The molecule has 2 amide bonds. The van der Waals surface area contributed by atoms with Crippen molar-refractivity contribution in [2.24, 2.45) is 5.92 Å². The Morgan fingerprint density at radius 3 is 2.52 bits per heavy atom. The lowest BCUT2D eigenvalue weighted by molar-refractivity contribution is -0.161. The van der Waals surface area contributed by atoms with Crippen molar-refractivity contribution in [3.05, 3.63) is 0 Å². The quantitative estimate of drug-likeness (QED) is 0.857. The molecule has 2 aliphatic carbocycles. The van der Waals surface area contributed by atoms with E-state index in [0.29, 0.717) is 5.92 Å². The maximum Gasteiger partial charge on any atom is 0.246 e. The molecule has 0 bridgehead atoms. The van der Waals surface area contributed by atoms with Gasteiger partial charge in [-0.25, -0.2) is 0 Å². The van der Waals surface area contributed by atoms with Crippen LogP contribution < -0.4 is 5.32 Å². The summed E-state index contributed by atoms with van der Waals surface area (Å²) in [5.41, 5.74) is -0.761. The van der Waals surface area contributed by atoms with Crippen LogP contribution in [0.25, 0.3) is 0 Å². The van der Waals surface area contributed by atoms with Gasteiger partial charge in [-0.1, -0.05) is 0 Å². The molecule has 1 heterocycles. The van der Waals surface area contributed by atoms with Crippen molar-refractivity contribution in [3.63, 3.8) is 0 Å². The van der Waals surface area contributed by atoms with Crippen molar-refractivity contribution in [3.8, 4) is 0 Å². The number of methoxy groups -OCH3 is 1. The Balaban J connectivity index is 1.84. The summed E-state index contributed by atoms with van der Waals surface area (Å²) in [7, 11) is 1.73. The number of ether oxygens (including phenoxy) is 1. The topological polar surface area (TPSA) is 58.6 Å². The van der Waals surface area contributed by atoms with Crippen LogP contribution in [0.15, 0.2) is 0 Å². The highest BCUT2D eigenvalue weighted by molar-refractivity contribution is 5.99. The second kappa shape index (κ2) is 5.27. The maximum atomic E-state index is 12.9. The summed E-state index contributed by atoms with van der Waals surface area (Å²) in [5.74, 6) is 0.448. The highest BCUT2D eigenvalue weighted by Crippen LogP contribution is 2.39. The molecule has 5 nitrogen and oxygen atoms in total. The lowest BCUT2D eigenvalue weighted by Crippen LogP contribution is -2.71. The Morgan fingerprint density at radius 1 is 1.19 bits per heavy atom. The fourth-order valence-electron chi connectivity index (χ4n) is 3.87. The summed E-state index contributed by atoms with van der Waals surface area (Å²) < 4.78 is 5.49. The first-order valence-corrected chi connectivity index (χ1v) is 8.12. The molecule has 3 rings (SSSR count). The molecule has 0 spiro atoms. The summed E-state index contributed by atoms with van der Waals surface area (Å²) in [6, 6.07) is -0.174. The van der Waals surface area contributed by atoms with Crippen LogP contribution in [0.3, 0.4) is 0 Å². The Hall–Kier alpha value is -1.10. The summed E-state index contributed by atoms with van der Waals surface area (Å²) in [4.78, 5) is 27.3. The van der Waals surface area contributed by atoms with Gasteiger partial charge in [0.1, 0.15) is 11.6 Å². The Morgan fingerprint density at radius 2 is 1.90 bits per heavy atom. The molecule has 0 aromatic rings. The van der Waals surface area contributed by atoms with Gasteiger partial charge in [-0.15, -0.1) is 0 Å². The van der Waals surface area contributed by atoms with Crippen LogP contribution in [0, 0.1) is 5.92 Å². The second-order valence-electron chi connectivity index (χ2n) is 7.23. The Bertz CT molecular complexity index is 445. The molecule has 3 unspecified atom stereocenters. The van der Waals surface area contributed by atoms with Crippen LogP contribution in [0.5, 0.6) is 0 Å². The second-order valence-corrected chi connectivity index (χ2v) is 7.23. The molecule has 1 aliphatic heterocycles. The van der Waals surface area contributed by atoms with Crippen LogP contribution >= 0.6 is 0 Å². The third-order valence-electron chi connectivity index (χ3n) is 5.34. The average molecular weight is 294 g/mol. The highest BCUT2D eigenvalue weighted by Gasteiger charge is 2.53. The van der Waals surface area contributed by atoms with E-state index in [2.05, 4.69) is 5.32 Å². The molecule has 1 saturated heterocycles. The van der Waals surface area contributed by atoms with Crippen molar-refractivity contribution in [1.82, 2.24) is 10.2 Å². The van der Waals surface area contributed by atoms with Gasteiger partial charge in [-0.2, -0.15) is 0 Å². The third kappa shape index (κ3) is 2.56. The smallest absolute Gasteiger partial charge is 0.246 e. The van der Waals surface area contributed by atoms with Crippen molar-refractivity contribution in [1.29, 1.82) is 0 Å². The van der Waals surface area contributed by atoms with E-state index in [1.54, 1.807) is 7.11 Å². The summed E-state index contributed by atoms with van der Waals surface area (Å²) in [5, 5.41) is 2.95. The predicted molar refractivity (Wildman–Crippen MR) is 78.6 cm³/mol. The Labute approximate surface area is 126 Å². The van der Waals surface area contributed by atoms with E-state index >= 15 is 0 Å². The van der Waals surface area contributed by atoms with Gasteiger partial charge >= 0.3 is 0 Å².